The Balaban J connectivity index is 2.26. The summed E-state index contributed by atoms with van der Waals surface area (Å²) in [6.07, 6.45) is 0.879. The van der Waals surface area contributed by atoms with E-state index in [4.69, 9.17) is 17.3 Å². The lowest BCUT2D eigenvalue weighted by Crippen LogP contribution is -2.22. The van der Waals surface area contributed by atoms with Gasteiger partial charge in [0.25, 0.3) is 0 Å². The molecule has 0 aliphatic carbocycles. The van der Waals surface area contributed by atoms with E-state index in [1.54, 1.807) is 0 Å². The molecule has 2 N–H and O–H groups in total. The molecule has 3 heteroatoms. The van der Waals surface area contributed by atoms with Gasteiger partial charge in [0.2, 0.25) is 0 Å². The second-order valence-corrected chi connectivity index (χ2v) is 6.17. The second kappa shape index (κ2) is 6.97. The van der Waals surface area contributed by atoms with Gasteiger partial charge in [0, 0.05) is 30.3 Å². The number of hydrogen-bond acceptors (Lipinski definition) is 2. The van der Waals surface area contributed by atoms with E-state index in [9.17, 15) is 0 Å². The van der Waals surface area contributed by atoms with E-state index in [0.29, 0.717) is 0 Å². The van der Waals surface area contributed by atoms with Crippen molar-refractivity contribution < 1.29 is 0 Å². The van der Waals surface area contributed by atoms with Crippen molar-refractivity contribution in [1.82, 2.24) is 0 Å². The van der Waals surface area contributed by atoms with Crippen molar-refractivity contribution in [3.63, 3.8) is 0 Å². The maximum absolute atomic E-state index is 6.26. The highest BCUT2D eigenvalue weighted by Gasteiger charge is 2.11. The fourth-order valence-electron chi connectivity index (χ4n) is 2.56. The number of benzene rings is 2. The van der Waals surface area contributed by atoms with E-state index in [1.165, 1.54) is 16.8 Å². The molecule has 0 fully saturated rings. The first kappa shape index (κ1) is 15.9. The van der Waals surface area contributed by atoms with E-state index >= 15 is 0 Å². The smallest absolute Gasteiger partial charge is 0.0455 e. The van der Waals surface area contributed by atoms with Crippen LogP contribution in [0.4, 0.5) is 5.69 Å². The van der Waals surface area contributed by atoms with Crippen molar-refractivity contribution in [1.29, 1.82) is 0 Å². The second-order valence-electron chi connectivity index (χ2n) is 5.76. The average Bonchev–Trinajstić information content (AvgIpc) is 2.40. The first-order valence-corrected chi connectivity index (χ1v) is 7.65. The topological polar surface area (TPSA) is 29.3 Å². The number of nitrogens with two attached hydrogens (primary N) is 1. The monoisotopic (exact) mass is 302 g/mol. The van der Waals surface area contributed by atoms with Crippen LogP contribution in [0.1, 0.15) is 23.6 Å². The summed E-state index contributed by atoms with van der Waals surface area (Å²) in [5, 5.41) is 0.810. The van der Waals surface area contributed by atoms with Crippen molar-refractivity contribution in [3.05, 3.63) is 64.2 Å². The SMILES string of the molecule is Cc1ccc(N(C)Cc2ccccc2Cl)c(CC(C)N)c1. The Morgan fingerprint density at radius 2 is 1.86 bits per heavy atom. The predicted octanol–water partition coefficient (Wildman–Crippen LogP) is 4.17. The largest absolute Gasteiger partial charge is 0.370 e. The van der Waals surface area contributed by atoms with Gasteiger partial charge in [0.1, 0.15) is 0 Å². The Morgan fingerprint density at radius 3 is 2.52 bits per heavy atom. The minimum Gasteiger partial charge on any atom is -0.370 e. The maximum Gasteiger partial charge on any atom is 0.0455 e. The third-order valence-corrected chi connectivity index (χ3v) is 3.92. The Bertz CT molecular complexity index is 608. The van der Waals surface area contributed by atoms with Gasteiger partial charge < -0.3 is 10.6 Å². The van der Waals surface area contributed by atoms with Crippen LogP contribution in [0.25, 0.3) is 0 Å². The molecule has 2 nitrogen and oxygen atoms in total. The summed E-state index contributed by atoms with van der Waals surface area (Å²) >= 11 is 6.26. The third-order valence-electron chi connectivity index (χ3n) is 3.55. The summed E-state index contributed by atoms with van der Waals surface area (Å²) in [5.41, 5.74) is 10.9. The molecular weight excluding hydrogens is 280 g/mol. The molecule has 0 radical (unpaired) electrons. The Morgan fingerprint density at radius 1 is 1.14 bits per heavy atom. The van der Waals surface area contributed by atoms with E-state index in [1.807, 2.05) is 25.1 Å². The number of hydrogen-bond donors (Lipinski definition) is 1. The quantitative estimate of drug-likeness (QED) is 0.898. The molecule has 112 valence electrons. The number of aryl methyl sites for hydroxylation is 1. The van der Waals surface area contributed by atoms with Gasteiger partial charge in [-0.2, -0.15) is 0 Å². The highest BCUT2D eigenvalue weighted by molar-refractivity contribution is 6.31. The molecule has 0 saturated heterocycles. The first-order chi connectivity index (χ1) is 9.97. The fourth-order valence-corrected chi connectivity index (χ4v) is 2.76. The molecule has 0 amide bonds. The van der Waals surface area contributed by atoms with Crippen LogP contribution in [-0.2, 0) is 13.0 Å². The zero-order chi connectivity index (χ0) is 15.4. The molecule has 0 aliphatic rings. The van der Waals surface area contributed by atoms with Gasteiger partial charge in [-0.15, -0.1) is 0 Å². The van der Waals surface area contributed by atoms with Crippen molar-refractivity contribution in [2.24, 2.45) is 5.73 Å². The van der Waals surface area contributed by atoms with Crippen molar-refractivity contribution in [3.8, 4) is 0 Å². The van der Waals surface area contributed by atoms with E-state index in [0.717, 1.165) is 23.6 Å². The molecule has 0 saturated carbocycles. The van der Waals surface area contributed by atoms with Gasteiger partial charge in [0.15, 0.2) is 0 Å². The van der Waals surface area contributed by atoms with Gasteiger partial charge in [-0.3, -0.25) is 0 Å². The molecule has 0 spiro atoms. The van der Waals surface area contributed by atoms with Crippen LogP contribution in [-0.4, -0.2) is 13.1 Å². The van der Waals surface area contributed by atoms with Crippen LogP contribution in [0.2, 0.25) is 5.02 Å². The van der Waals surface area contributed by atoms with Crippen molar-refractivity contribution in [2.45, 2.75) is 32.9 Å². The highest BCUT2D eigenvalue weighted by atomic mass is 35.5. The van der Waals surface area contributed by atoms with Crippen LogP contribution < -0.4 is 10.6 Å². The fraction of sp³-hybridized carbons (Fsp3) is 0.333. The summed E-state index contributed by atoms with van der Waals surface area (Å²) in [6, 6.07) is 14.7. The molecule has 0 bridgehead atoms. The summed E-state index contributed by atoms with van der Waals surface area (Å²) in [6.45, 7) is 4.94. The van der Waals surface area contributed by atoms with Gasteiger partial charge in [-0.05, 0) is 43.5 Å². The van der Waals surface area contributed by atoms with Crippen LogP contribution in [0.15, 0.2) is 42.5 Å². The van der Waals surface area contributed by atoms with Gasteiger partial charge in [-0.1, -0.05) is 47.5 Å². The molecule has 0 heterocycles. The lowest BCUT2D eigenvalue weighted by Gasteiger charge is -2.24. The van der Waals surface area contributed by atoms with Crippen LogP contribution in [0.3, 0.4) is 0 Å². The van der Waals surface area contributed by atoms with Crippen molar-refractivity contribution >= 4 is 17.3 Å². The molecule has 0 aromatic heterocycles. The standard InChI is InChI=1S/C18H23ClN2/c1-13-8-9-18(16(10-13)11-14(2)20)21(3)12-15-6-4-5-7-17(15)19/h4-10,14H,11-12,20H2,1-3H3. The molecule has 2 aromatic carbocycles. The van der Waals surface area contributed by atoms with Gasteiger partial charge >= 0.3 is 0 Å². The number of rotatable bonds is 5. The molecule has 2 rings (SSSR count). The van der Waals surface area contributed by atoms with Gasteiger partial charge in [-0.25, -0.2) is 0 Å². The zero-order valence-corrected chi connectivity index (χ0v) is 13.7. The highest BCUT2D eigenvalue weighted by Crippen LogP contribution is 2.25. The van der Waals surface area contributed by atoms with E-state index < -0.39 is 0 Å². The predicted molar refractivity (Wildman–Crippen MR) is 92.1 cm³/mol. The Kier molecular flexibility index (Phi) is 5.27. The van der Waals surface area contributed by atoms with Crippen LogP contribution >= 0.6 is 11.6 Å². The van der Waals surface area contributed by atoms with Crippen molar-refractivity contribution in [2.75, 3.05) is 11.9 Å². The Labute approximate surface area is 132 Å². The number of halogens is 1. The minimum atomic E-state index is 0.152. The zero-order valence-electron chi connectivity index (χ0n) is 12.9. The number of anilines is 1. The molecule has 21 heavy (non-hydrogen) atoms. The molecule has 2 aromatic rings. The Hall–Kier alpha value is -1.51. The first-order valence-electron chi connectivity index (χ1n) is 7.27. The lowest BCUT2D eigenvalue weighted by atomic mass is 10.0. The number of nitrogens with zero attached hydrogens (tertiary/aromatic N) is 1. The lowest BCUT2D eigenvalue weighted by molar-refractivity contribution is 0.733. The summed E-state index contributed by atoms with van der Waals surface area (Å²) in [5.74, 6) is 0. The molecule has 1 unspecified atom stereocenters. The molecule has 0 aliphatic heterocycles. The normalized spacial score (nSPS) is 12.2. The third kappa shape index (κ3) is 4.23. The van der Waals surface area contributed by atoms with Gasteiger partial charge in [0.05, 0.1) is 0 Å². The summed E-state index contributed by atoms with van der Waals surface area (Å²) < 4.78 is 0. The van der Waals surface area contributed by atoms with E-state index in [-0.39, 0.29) is 6.04 Å². The van der Waals surface area contributed by atoms with E-state index in [2.05, 4.69) is 43.1 Å². The average molecular weight is 303 g/mol. The summed E-state index contributed by atoms with van der Waals surface area (Å²) in [4.78, 5) is 2.23. The molecular formula is C18H23ClN2. The van der Waals surface area contributed by atoms with Crippen LogP contribution in [0.5, 0.6) is 0 Å². The molecule has 1 atom stereocenters. The van der Waals surface area contributed by atoms with Crippen LogP contribution in [0, 0.1) is 6.92 Å². The maximum atomic E-state index is 6.26. The summed E-state index contributed by atoms with van der Waals surface area (Å²) in [7, 11) is 2.10. The minimum absolute atomic E-state index is 0.152.